The van der Waals surface area contributed by atoms with Crippen molar-refractivity contribution in [2.24, 2.45) is 0 Å². The summed E-state index contributed by atoms with van der Waals surface area (Å²) in [6.07, 6.45) is 1.13. The van der Waals surface area contributed by atoms with Crippen molar-refractivity contribution in [1.82, 2.24) is 0 Å². The fraction of sp³-hybridized carbons (Fsp3) is 0.200. The third-order valence-corrected chi connectivity index (χ3v) is 3.91. The minimum Gasteiger partial charge on any atom is -0.0850 e. The standard InChI is InChI=1S/C10H10S2/c1-2-4-9(5-3-1)6-10-7-11-12-8-10/h1-5,7H,6,8H2. The van der Waals surface area contributed by atoms with Gasteiger partial charge in [-0.2, -0.15) is 0 Å². The zero-order valence-corrected chi connectivity index (χ0v) is 8.33. The van der Waals surface area contributed by atoms with Gasteiger partial charge in [-0.15, -0.1) is 0 Å². The predicted octanol–water partition coefficient (Wildman–Crippen LogP) is 3.51. The average Bonchev–Trinajstić information content (AvgIpc) is 2.59. The van der Waals surface area contributed by atoms with E-state index in [4.69, 9.17) is 0 Å². The van der Waals surface area contributed by atoms with Gasteiger partial charge in [0.1, 0.15) is 0 Å². The molecule has 0 bridgehead atoms. The third kappa shape index (κ3) is 2.08. The van der Waals surface area contributed by atoms with Crippen molar-refractivity contribution in [1.29, 1.82) is 0 Å². The van der Waals surface area contributed by atoms with Crippen LogP contribution in [-0.2, 0) is 6.42 Å². The van der Waals surface area contributed by atoms with Gasteiger partial charge in [0.2, 0.25) is 0 Å². The van der Waals surface area contributed by atoms with Gasteiger partial charge < -0.3 is 0 Å². The van der Waals surface area contributed by atoms with E-state index in [1.165, 1.54) is 11.3 Å². The lowest BCUT2D eigenvalue weighted by Gasteiger charge is -1.99. The van der Waals surface area contributed by atoms with E-state index < -0.39 is 0 Å². The quantitative estimate of drug-likeness (QED) is 0.661. The molecule has 1 heterocycles. The van der Waals surface area contributed by atoms with Crippen molar-refractivity contribution >= 4 is 21.6 Å². The molecule has 0 saturated heterocycles. The smallest absolute Gasteiger partial charge is 0.0262 e. The van der Waals surface area contributed by atoms with Crippen LogP contribution in [0.1, 0.15) is 5.56 Å². The molecule has 1 aliphatic rings. The Labute approximate surface area is 80.8 Å². The fourth-order valence-electron chi connectivity index (χ4n) is 1.20. The first-order chi connectivity index (χ1) is 5.95. The maximum atomic E-state index is 2.28. The summed E-state index contributed by atoms with van der Waals surface area (Å²) in [6.45, 7) is 0. The molecule has 1 aromatic rings. The Morgan fingerprint density at radius 3 is 2.67 bits per heavy atom. The summed E-state index contributed by atoms with van der Waals surface area (Å²) in [5.74, 6) is 1.19. The molecule has 0 amide bonds. The predicted molar refractivity (Wildman–Crippen MR) is 58.3 cm³/mol. The Bertz CT molecular complexity index is 277. The molecule has 0 atom stereocenters. The lowest BCUT2D eigenvalue weighted by Crippen LogP contribution is -1.89. The molecule has 62 valence electrons. The van der Waals surface area contributed by atoms with Crippen LogP contribution in [0.4, 0.5) is 0 Å². The molecule has 0 radical (unpaired) electrons. The van der Waals surface area contributed by atoms with Crippen LogP contribution in [0.15, 0.2) is 41.3 Å². The van der Waals surface area contributed by atoms with Crippen LogP contribution in [0.3, 0.4) is 0 Å². The van der Waals surface area contributed by atoms with Crippen LogP contribution in [0.5, 0.6) is 0 Å². The number of hydrogen-bond acceptors (Lipinski definition) is 2. The maximum absolute atomic E-state index is 2.28. The first-order valence-corrected chi connectivity index (χ1v) is 6.33. The Kier molecular flexibility index (Phi) is 2.79. The lowest BCUT2D eigenvalue weighted by molar-refractivity contribution is 1.16. The van der Waals surface area contributed by atoms with Crippen molar-refractivity contribution in [3.63, 3.8) is 0 Å². The van der Waals surface area contributed by atoms with Gasteiger partial charge >= 0.3 is 0 Å². The van der Waals surface area contributed by atoms with Crippen molar-refractivity contribution < 1.29 is 0 Å². The SMILES string of the molecule is C1=C(Cc2ccccc2)CSS1. The van der Waals surface area contributed by atoms with E-state index in [1.54, 1.807) is 5.57 Å². The molecule has 0 aliphatic carbocycles. The molecule has 1 aromatic carbocycles. The number of hydrogen-bond donors (Lipinski definition) is 0. The highest BCUT2D eigenvalue weighted by atomic mass is 33.1. The Morgan fingerprint density at radius 1 is 1.17 bits per heavy atom. The molecule has 0 unspecified atom stereocenters. The first kappa shape index (κ1) is 8.27. The molecule has 0 aromatic heterocycles. The summed E-state index contributed by atoms with van der Waals surface area (Å²) in [5, 5.41) is 2.28. The molecule has 0 saturated carbocycles. The second-order valence-corrected chi connectivity index (χ2v) is 5.03. The van der Waals surface area contributed by atoms with E-state index in [2.05, 4.69) is 35.7 Å². The van der Waals surface area contributed by atoms with Gasteiger partial charge in [-0.05, 0) is 23.0 Å². The lowest BCUT2D eigenvalue weighted by atomic mass is 10.1. The molecule has 0 fully saturated rings. The average molecular weight is 194 g/mol. The molecule has 0 nitrogen and oxygen atoms in total. The number of rotatable bonds is 2. The summed E-state index contributed by atoms with van der Waals surface area (Å²) in [4.78, 5) is 0. The minimum absolute atomic E-state index is 1.13. The molecule has 0 spiro atoms. The highest BCUT2D eigenvalue weighted by Crippen LogP contribution is 2.34. The first-order valence-electron chi connectivity index (χ1n) is 3.95. The van der Waals surface area contributed by atoms with Gasteiger partial charge in [0.05, 0.1) is 0 Å². The van der Waals surface area contributed by atoms with Gasteiger partial charge in [-0.25, -0.2) is 0 Å². The van der Waals surface area contributed by atoms with Crippen molar-refractivity contribution in [3.05, 3.63) is 46.9 Å². The van der Waals surface area contributed by atoms with Crippen LogP contribution in [0.2, 0.25) is 0 Å². The minimum atomic E-state index is 1.13. The zero-order valence-electron chi connectivity index (χ0n) is 6.69. The van der Waals surface area contributed by atoms with Crippen LogP contribution >= 0.6 is 21.6 Å². The second-order valence-electron chi connectivity index (χ2n) is 2.80. The van der Waals surface area contributed by atoms with E-state index in [0.717, 1.165) is 6.42 Å². The maximum Gasteiger partial charge on any atom is 0.0262 e. The van der Waals surface area contributed by atoms with Crippen LogP contribution in [0.25, 0.3) is 0 Å². The van der Waals surface area contributed by atoms with Crippen molar-refractivity contribution in [2.45, 2.75) is 6.42 Å². The van der Waals surface area contributed by atoms with Gasteiger partial charge in [-0.3, -0.25) is 0 Å². The van der Waals surface area contributed by atoms with Crippen molar-refractivity contribution in [2.75, 3.05) is 5.75 Å². The van der Waals surface area contributed by atoms with E-state index >= 15 is 0 Å². The molecule has 12 heavy (non-hydrogen) atoms. The molecular weight excluding hydrogens is 184 g/mol. The highest BCUT2D eigenvalue weighted by molar-refractivity contribution is 8.78. The summed E-state index contributed by atoms with van der Waals surface area (Å²) < 4.78 is 0. The summed E-state index contributed by atoms with van der Waals surface area (Å²) in [7, 11) is 3.78. The van der Waals surface area contributed by atoms with Crippen LogP contribution < -0.4 is 0 Å². The Balaban J connectivity index is 2.04. The van der Waals surface area contributed by atoms with Gasteiger partial charge in [0.15, 0.2) is 0 Å². The Morgan fingerprint density at radius 2 is 2.00 bits per heavy atom. The molecule has 1 aliphatic heterocycles. The van der Waals surface area contributed by atoms with Gasteiger partial charge in [0.25, 0.3) is 0 Å². The monoisotopic (exact) mass is 194 g/mol. The largest absolute Gasteiger partial charge is 0.0850 e. The van der Waals surface area contributed by atoms with E-state index in [9.17, 15) is 0 Å². The zero-order chi connectivity index (χ0) is 8.23. The number of benzene rings is 1. The summed E-state index contributed by atoms with van der Waals surface area (Å²) in [6, 6.07) is 10.6. The summed E-state index contributed by atoms with van der Waals surface area (Å²) >= 11 is 0. The van der Waals surface area contributed by atoms with E-state index in [-0.39, 0.29) is 0 Å². The topological polar surface area (TPSA) is 0 Å². The van der Waals surface area contributed by atoms with Gasteiger partial charge in [-0.1, -0.05) is 51.9 Å². The Hall–Kier alpha value is -0.340. The normalized spacial score (nSPS) is 16.2. The highest BCUT2D eigenvalue weighted by Gasteiger charge is 2.05. The molecule has 2 rings (SSSR count). The molecular formula is C10H10S2. The second kappa shape index (κ2) is 4.06. The van der Waals surface area contributed by atoms with Crippen LogP contribution in [0, 0.1) is 0 Å². The van der Waals surface area contributed by atoms with Crippen LogP contribution in [-0.4, -0.2) is 5.75 Å². The van der Waals surface area contributed by atoms with Gasteiger partial charge in [0, 0.05) is 5.75 Å². The van der Waals surface area contributed by atoms with E-state index in [1.807, 2.05) is 21.6 Å². The van der Waals surface area contributed by atoms with E-state index in [0.29, 0.717) is 0 Å². The van der Waals surface area contributed by atoms with Crippen molar-refractivity contribution in [3.8, 4) is 0 Å². The molecule has 2 heteroatoms. The summed E-state index contributed by atoms with van der Waals surface area (Å²) in [5.41, 5.74) is 2.98. The molecule has 0 N–H and O–H groups in total. The third-order valence-electron chi connectivity index (χ3n) is 1.80. The fourth-order valence-corrected chi connectivity index (χ4v) is 3.35.